The molecule has 0 bridgehead atoms. The van der Waals surface area contributed by atoms with E-state index in [0.717, 1.165) is 24.3 Å². The second-order valence-corrected chi connectivity index (χ2v) is 7.34. The van der Waals surface area contributed by atoms with E-state index in [0.29, 0.717) is 23.5 Å². The number of anilines is 1. The smallest absolute Gasteiger partial charge is 0.238 e. The van der Waals surface area contributed by atoms with Gasteiger partial charge in [-0.25, -0.2) is 0 Å². The topological polar surface area (TPSA) is 35.6 Å². The van der Waals surface area contributed by atoms with Gasteiger partial charge < -0.3 is 10.2 Å². The van der Waals surface area contributed by atoms with E-state index in [1.807, 2.05) is 25.1 Å². The van der Waals surface area contributed by atoms with Crippen LogP contribution in [-0.2, 0) is 4.79 Å². The molecule has 2 aliphatic rings. The van der Waals surface area contributed by atoms with Crippen molar-refractivity contribution in [2.45, 2.75) is 32.2 Å². The van der Waals surface area contributed by atoms with Crippen LogP contribution in [0, 0.1) is 12.8 Å². The molecule has 0 spiro atoms. The van der Waals surface area contributed by atoms with Gasteiger partial charge in [-0.2, -0.15) is 0 Å². The van der Waals surface area contributed by atoms with Gasteiger partial charge in [0.15, 0.2) is 0 Å². The molecule has 2 atom stereocenters. The highest BCUT2D eigenvalue weighted by Gasteiger charge is 2.34. The number of nitrogens with zero attached hydrogens (tertiary/aromatic N) is 2. The molecule has 2 heterocycles. The fourth-order valence-electron chi connectivity index (χ4n) is 4.01. The van der Waals surface area contributed by atoms with E-state index in [2.05, 4.69) is 22.2 Å². The molecule has 0 saturated carbocycles. The van der Waals surface area contributed by atoms with E-state index in [1.54, 1.807) is 0 Å². The number of carbonyl (C=O) groups is 1. The third-order valence-corrected chi connectivity index (χ3v) is 5.75. The Morgan fingerprint density at radius 3 is 3.00 bits per heavy atom. The Bertz CT molecular complexity index is 577. The number of hydrogen-bond acceptors (Lipinski definition) is 3. The summed E-state index contributed by atoms with van der Waals surface area (Å²) in [7, 11) is 2.24. The monoisotopic (exact) mass is 335 g/mol. The second kappa shape index (κ2) is 7.20. The van der Waals surface area contributed by atoms with Crippen molar-refractivity contribution in [3.05, 3.63) is 28.8 Å². The predicted octanol–water partition coefficient (Wildman–Crippen LogP) is 3.00. The molecule has 0 aliphatic carbocycles. The van der Waals surface area contributed by atoms with Crippen molar-refractivity contribution in [3.63, 3.8) is 0 Å². The van der Waals surface area contributed by atoms with Gasteiger partial charge in [0, 0.05) is 29.8 Å². The quantitative estimate of drug-likeness (QED) is 0.922. The number of likely N-dealkylation sites (tertiary alicyclic amines) is 2. The average molecular weight is 336 g/mol. The van der Waals surface area contributed by atoms with Crippen molar-refractivity contribution >= 4 is 23.2 Å². The zero-order valence-electron chi connectivity index (χ0n) is 14.0. The Balaban J connectivity index is 1.55. The summed E-state index contributed by atoms with van der Waals surface area (Å²) in [6, 6.07) is 6.32. The summed E-state index contributed by atoms with van der Waals surface area (Å²) in [4.78, 5) is 17.2. The lowest BCUT2D eigenvalue weighted by molar-refractivity contribution is -0.118. The van der Waals surface area contributed by atoms with E-state index < -0.39 is 0 Å². The van der Waals surface area contributed by atoms with E-state index in [9.17, 15) is 4.79 Å². The Kier molecular flexibility index (Phi) is 5.24. The van der Waals surface area contributed by atoms with Crippen LogP contribution in [0.4, 0.5) is 5.69 Å². The van der Waals surface area contributed by atoms with Crippen LogP contribution in [-0.4, -0.2) is 55.0 Å². The average Bonchev–Trinajstić information content (AvgIpc) is 2.52. The van der Waals surface area contributed by atoms with Gasteiger partial charge in [0.1, 0.15) is 0 Å². The molecule has 1 amide bonds. The standard InChI is InChI=1S/C18H26ClN3O/c1-13-15(19)6-3-7-16(13)20-18(23)12-22-10-8-17-14(11-22)5-4-9-21(17)2/h3,6-7,14,17H,4-5,8-12H2,1-2H3,(H,20,23)/t14-,17+/m0/s1. The van der Waals surface area contributed by atoms with Gasteiger partial charge in [-0.3, -0.25) is 9.69 Å². The van der Waals surface area contributed by atoms with Crippen LogP contribution < -0.4 is 5.32 Å². The molecule has 126 valence electrons. The summed E-state index contributed by atoms with van der Waals surface area (Å²) in [6.07, 6.45) is 3.74. The molecule has 1 aromatic rings. The van der Waals surface area contributed by atoms with Crippen molar-refractivity contribution in [2.24, 2.45) is 5.92 Å². The summed E-state index contributed by atoms with van der Waals surface area (Å²) in [5.41, 5.74) is 1.74. The molecule has 0 aromatic heterocycles. The van der Waals surface area contributed by atoms with Crippen molar-refractivity contribution in [3.8, 4) is 0 Å². The summed E-state index contributed by atoms with van der Waals surface area (Å²) in [5.74, 6) is 0.765. The number of carbonyl (C=O) groups excluding carboxylic acids is 1. The minimum absolute atomic E-state index is 0.0537. The zero-order valence-corrected chi connectivity index (χ0v) is 14.8. The minimum Gasteiger partial charge on any atom is -0.325 e. The highest BCUT2D eigenvalue weighted by atomic mass is 35.5. The SMILES string of the molecule is Cc1c(Cl)cccc1NC(=O)CN1CC[C@@H]2[C@@H](CCCN2C)C1. The molecule has 2 fully saturated rings. The van der Waals surface area contributed by atoms with E-state index in [4.69, 9.17) is 11.6 Å². The first-order valence-corrected chi connectivity index (χ1v) is 8.90. The van der Waals surface area contributed by atoms with Gasteiger partial charge in [0.2, 0.25) is 5.91 Å². The number of rotatable bonds is 3. The van der Waals surface area contributed by atoms with Crippen LogP contribution in [0.25, 0.3) is 0 Å². The number of hydrogen-bond donors (Lipinski definition) is 1. The molecule has 3 rings (SSSR count). The van der Waals surface area contributed by atoms with Crippen LogP contribution in [0.1, 0.15) is 24.8 Å². The molecule has 0 radical (unpaired) electrons. The molecule has 2 aliphatic heterocycles. The van der Waals surface area contributed by atoms with Crippen molar-refractivity contribution in [2.75, 3.05) is 38.5 Å². The molecular weight excluding hydrogens is 310 g/mol. The molecule has 5 heteroatoms. The summed E-state index contributed by atoms with van der Waals surface area (Å²) >= 11 is 6.11. The lowest BCUT2D eigenvalue weighted by atomic mass is 9.84. The molecule has 1 N–H and O–H groups in total. The fourth-order valence-corrected chi connectivity index (χ4v) is 4.18. The van der Waals surface area contributed by atoms with Gasteiger partial charge in [-0.1, -0.05) is 17.7 Å². The lowest BCUT2D eigenvalue weighted by Crippen LogP contribution is -2.53. The summed E-state index contributed by atoms with van der Waals surface area (Å²) in [6.45, 7) is 5.67. The minimum atomic E-state index is 0.0537. The molecule has 1 aromatic carbocycles. The largest absolute Gasteiger partial charge is 0.325 e. The van der Waals surface area contributed by atoms with Gasteiger partial charge >= 0.3 is 0 Å². The van der Waals surface area contributed by atoms with Gasteiger partial charge in [0.25, 0.3) is 0 Å². The maximum Gasteiger partial charge on any atom is 0.238 e. The maximum atomic E-state index is 12.4. The number of halogens is 1. The Hall–Kier alpha value is -1.10. The maximum absolute atomic E-state index is 12.4. The van der Waals surface area contributed by atoms with Crippen LogP contribution >= 0.6 is 11.6 Å². The summed E-state index contributed by atoms with van der Waals surface area (Å²) in [5, 5.41) is 3.69. The third kappa shape index (κ3) is 3.87. The van der Waals surface area contributed by atoms with Crippen LogP contribution in [0.15, 0.2) is 18.2 Å². The Morgan fingerprint density at radius 2 is 2.17 bits per heavy atom. The number of fused-ring (bicyclic) bond motifs is 1. The second-order valence-electron chi connectivity index (χ2n) is 6.93. The number of nitrogens with one attached hydrogen (secondary N) is 1. The lowest BCUT2D eigenvalue weighted by Gasteiger charge is -2.45. The zero-order chi connectivity index (χ0) is 16.4. The first-order chi connectivity index (χ1) is 11.0. The van der Waals surface area contributed by atoms with Crippen LogP contribution in [0.5, 0.6) is 0 Å². The van der Waals surface area contributed by atoms with E-state index in [-0.39, 0.29) is 5.91 Å². The Labute approximate surface area is 143 Å². The Morgan fingerprint density at radius 1 is 1.35 bits per heavy atom. The normalized spacial score (nSPS) is 25.9. The third-order valence-electron chi connectivity index (χ3n) is 5.34. The molecular formula is C18H26ClN3O. The van der Waals surface area contributed by atoms with Gasteiger partial charge in [-0.15, -0.1) is 0 Å². The first kappa shape index (κ1) is 16.7. The fraction of sp³-hybridized carbons (Fsp3) is 0.611. The van der Waals surface area contributed by atoms with Crippen molar-refractivity contribution < 1.29 is 4.79 Å². The molecule has 0 unspecified atom stereocenters. The van der Waals surface area contributed by atoms with E-state index in [1.165, 1.54) is 25.8 Å². The number of piperidine rings is 2. The van der Waals surface area contributed by atoms with Gasteiger partial charge in [-0.05, 0) is 63.4 Å². The highest BCUT2D eigenvalue weighted by Crippen LogP contribution is 2.29. The first-order valence-electron chi connectivity index (χ1n) is 8.52. The predicted molar refractivity (Wildman–Crippen MR) is 95.0 cm³/mol. The molecule has 4 nitrogen and oxygen atoms in total. The molecule has 2 saturated heterocycles. The highest BCUT2D eigenvalue weighted by molar-refractivity contribution is 6.31. The van der Waals surface area contributed by atoms with Crippen molar-refractivity contribution in [1.29, 1.82) is 0 Å². The van der Waals surface area contributed by atoms with Crippen LogP contribution in [0.3, 0.4) is 0 Å². The van der Waals surface area contributed by atoms with Crippen LogP contribution in [0.2, 0.25) is 5.02 Å². The molecule has 23 heavy (non-hydrogen) atoms. The van der Waals surface area contributed by atoms with Gasteiger partial charge in [0.05, 0.1) is 6.54 Å². The van der Waals surface area contributed by atoms with Crippen molar-refractivity contribution in [1.82, 2.24) is 9.80 Å². The number of benzene rings is 1. The number of amides is 1. The summed E-state index contributed by atoms with van der Waals surface area (Å²) < 4.78 is 0. The van der Waals surface area contributed by atoms with E-state index >= 15 is 0 Å².